The summed E-state index contributed by atoms with van der Waals surface area (Å²) < 4.78 is 5.03. The van der Waals surface area contributed by atoms with E-state index in [1.54, 1.807) is 20.8 Å². The number of amides is 1. The van der Waals surface area contributed by atoms with Gasteiger partial charge in [0, 0.05) is 0 Å². The summed E-state index contributed by atoms with van der Waals surface area (Å²) in [7, 11) is 0. The van der Waals surface area contributed by atoms with Gasteiger partial charge >= 0.3 is 6.09 Å². The Labute approximate surface area is 96.2 Å². The van der Waals surface area contributed by atoms with Gasteiger partial charge in [-0.3, -0.25) is 4.79 Å². The fourth-order valence-corrected chi connectivity index (χ4v) is 1.31. The third kappa shape index (κ3) is 6.38. The molecule has 1 atom stereocenters. The zero-order chi connectivity index (χ0) is 12.2. The molecule has 0 aliphatic heterocycles. The number of ether oxygens (including phenoxy) is 1. The zero-order valence-corrected chi connectivity index (χ0v) is 10.7. The first-order valence-electron chi connectivity index (χ1n) is 4.86. The summed E-state index contributed by atoms with van der Waals surface area (Å²) in [5.41, 5.74) is -0.564. The van der Waals surface area contributed by atoms with Crippen LogP contribution < -0.4 is 5.32 Å². The highest BCUT2D eigenvalue weighted by molar-refractivity contribution is 7.96. The van der Waals surface area contributed by atoms with Gasteiger partial charge in [0.1, 0.15) is 11.6 Å². The monoisotopic (exact) mass is 233 g/mol. The number of nitrogens with one attached hydrogen (secondary N) is 1. The second kappa shape index (κ2) is 5.39. The number of thiol groups is 1. The molecule has 0 aromatic rings. The van der Waals surface area contributed by atoms with Crippen LogP contribution in [-0.4, -0.2) is 22.9 Å². The second-order valence-electron chi connectivity index (χ2n) is 4.71. The molecule has 0 saturated heterocycles. The fourth-order valence-electron chi connectivity index (χ4n) is 0.948. The molecule has 0 unspecified atom stereocenters. The maximum atomic E-state index is 11.4. The Bertz CT molecular complexity index is 246. The van der Waals surface area contributed by atoms with Crippen molar-refractivity contribution in [2.45, 2.75) is 46.3 Å². The van der Waals surface area contributed by atoms with Crippen LogP contribution in [0.3, 0.4) is 0 Å². The van der Waals surface area contributed by atoms with Crippen LogP contribution >= 0.6 is 12.6 Å². The van der Waals surface area contributed by atoms with Gasteiger partial charge in [0.15, 0.2) is 0 Å². The molecule has 15 heavy (non-hydrogen) atoms. The molecule has 1 N–H and O–H groups in total. The average molecular weight is 233 g/mol. The summed E-state index contributed by atoms with van der Waals surface area (Å²) >= 11 is 3.71. The molecule has 0 aromatic heterocycles. The lowest BCUT2D eigenvalue weighted by molar-refractivity contribution is -0.113. The van der Waals surface area contributed by atoms with Gasteiger partial charge in [-0.05, 0) is 26.7 Å². The van der Waals surface area contributed by atoms with Crippen LogP contribution in [0.4, 0.5) is 4.79 Å². The Morgan fingerprint density at radius 1 is 1.27 bits per heavy atom. The molecule has 0 bridgehead atoms. The van der Waals surface area contributed by atoms with Gasteiger partial charge in [0.05, 0.1) is 0 Å². The van der Waals surface area contributed by atoms with Crippen LogP contribution in [-0.2, 0) is 9.53 Å². The van der Waals surface area contributed by atoms with E-state index in [1.807, 2.05) is 13.8 Å². The maximum absolute atomic E-state index is 11.4. The van der Waals surface area contributed by atoms with Crippen LogP contribution in [0.2, 0.25) is 0 Å². The van der Waals surface area contributed by atoms with Crippen LogP contribution in [0, 0.1) is 5.92 Å². The van der Waals surface area contributed by atoms with E-state index in [-0.39, 0.29) is 11.0 Å². The fraction of sp³-hybridized carbons (Fsp3) is 0.800. The number of hydrogen-bond acceptors (Lipinski definition) is 3. The lowest BCUT2D eigenvalue weighted by Crippen LogP contribution is -2.44. The van der Waals surface area contributed by atoms with E-state index in [2.05, 4.69) is 17.9 Å². The summed E-state index contributed by atoms with van der Waals surface area (Å²) in [5, 5.41) is 2.12. The van der Waals surface area contributed by atoms with E-state index in [0.717, 1.165) is 0 Å². The summed E-state index contributed by atoms with van der Waals surface area (Å²) in [6, 6.07) is -0.608. The predicted octanol–water partition coefficient (Wildman–Crippen LogP) is 1.99. The summed E-state index contributed by atoms with van der Waals surface area (Å²) in [5.74, 6) is -0.0116. The quantitative estimate of drug-likeness (QED) is 0.733. The summed E-state index contributed by atoms with van der Waals surface area (Å²) in [4.78, 5) is 22.4. The Kier molecular flexibility index (Phi) is 5.14. The Morgan fingerprint density at radius 2 is 1.73 bits per heavy atom. The highest BCUT2D eigenvalue weighted by Crippen LogP contribution is 2.09. The minimum atomic E-state index is -0.608. The highest BCUT2D eigenvalue weighted by Gasteiger charge is 2.24. The molecule has 5 heteroatoms. The molecule has 0 aliphatic rings. The molecular weight excluding hydrogens is 214 g/mol. The van der Waals surface area contributed by atoms with Crippen LogP contribution in [0.15, 0.2) is 0 Å². The highest BCUT2D eigenvalue weighted by atomic mass is 32.1. The van der Waals surface area contributed by atoms with E-state index in [9.17, 15) is 9.59 Å². The molecule has 0 aliphatic carbocycles. The van der Waals surface area contributed by atoms with Gasteiger partial charge in [-0.25, -0.2) is 4.79 Å². The lowest BCUT2D eigenvalue weighted by atomic mass is 10.1. The Morgan fingerprint density at radius 3 is 2.00 bits per heavy atom. The zero-order valence-electron chi connectivity index (χ0n) is 9.83. The summed E-state index contributed by atoms with van der Waals surface area (Å²) in [6.45, 7) is 8.95. The average Bonchev–Trinajstić information content (AvgIpc) is 1.95. The van der Waals surface area contributed by atoms with Crippen LogP contribution in [0.1, 0.15) is 34.6 Å². The molecule has 0 spiro atoms. The molecule has 0 rings (SSSR count). The van der Waals surface area contributed by atoms with E-state index < -0.39 is 17.7 Å². The van der Waals surface area contributed by atoms with E-state index in [0.29, 0.717) is 0 Å². The first-order chi connectivity index (χ1) is 6.63. The van der Waals surface area contributed by atoms with Crippen LogP contribution in [0.5, 0.6) is 0 Å². The SMILES string of the molecule is CC(C)[C@@H](NC(=O)OC(C)(C)C)C(=O)S. The molecule has 0 heterocycles. The molecule has 1 amide bonds. The van der Waals surface area contributed by atoms with Gasteiger partial charge in [-0.1, -0.05) is 13.8 Å². The molecule has 4 nitrogen and oxygen atoms in total. The number of carbonyl (C=O) groups is 2. The number of hydrogen-bond donors (Lipinski definition) is 2. The van der Waals surface area contributed by atoms with Crippen molar-refractivity contribution in [1.29, 1.82) is 0 Å². The minimum Gasteiger partial charge on any atom is -0.444 e. The summed E-state index contributed by atoms with van der Waals surface area (Å²) in [6.07, 6.45) is -0.594. The number of alkyl carbamates (subject to hydrolysis) is 1. The third-order valence-electron chi connectivity index (χ3n) is 1.60. The lowest BCUT2D eigenvalue weighted by Gasteiger charge is -2.23. The van der Waals surface area contributed by atoms with Crippen molar-refractivity contribution in [3.8, 4) is 0 Å². The topological polar surface area (TPSA) is 55.4 Å². The van der Waals surface area contributed by atoms with Gasteiger partial charge in [-0.15, -0.1) is 12.6 Å². The predicted molar refractivity (Wildman–Crippen MR) is 62.0 cm³/mol. The minimum absolute atomic E-state index is 0.0116. The van der Waals surface area contributed by atoms with E-state index in [1.165, 1.54) is 0 Å². The molecular formula is C10H19NO3S. The normalized spacial score (nSPS) is 13.5. The first-order valence-corrected chi connectivity index (χ1v) is 5.30. The van der Waals surface area contributed by atoms with Crippen LogP contribution in [0.25, 0.3) is 0 Å². The van der Waals surface area contributed by atoms with Gasteiger partial charge < -0.3 is 10.1 Å². The molecule has 0 saturated carbocycles. The smallest absolute Gasteiger partial charge is 0.408 e. The maximum Gasteiger partial charge on any atom is 0.408 e. The Balaban J connectivity index is 4.31. The van der Waals surface area contributed by atoms with Crippen molar-refractivity contribution >= 4 is 23.8 Å². The first kappa shape index (κ1) is 14.3. The standard InChI is InChI=1S/C10H19NO3S/c1-6(2)7(8(12)15)11-9(13)14-10(3,4)5/h6-7H,1-5H3,(H,11,13)(H,12,15)/t7-/m1/s1. The Hall–Kier alpha value is -0.710. The number of carbonyl (C=O) groups excluding carboxylic acids is 2. The van der Waals surface area contributed by atoms with Crippen molar-refractivity contribution in [3.63, 3.8) is 0 Å². The van der Waals surface area contributed by atoms with Crippen molar-refractivity contribution < 1.29 is 14.3 Å². The third-order valence-corrected chi connectivity index (χ3v) is 1.88. The van der Waals surface area contributed by atoms with Crippen molar-refractivity contribution in [2.24, 2.45) is 5.92 Å². The van der Waals surface area contributed by atoms with Crippen molar-refractivity contribution in [3.05, 3.63) is 0 Å². The molecule has 0 radical (unpaired) electrons. The number of rotatable bonds is 3. The van der Waals surface area contributed by atoms with Gasteiger partial charge in [0.2, 0.25) is 5.12 Å². The molecule has 0 fully saturated rings. The van der Waals surface area contributed by atoms with Gasteiger partial charge in [0.25, 0.3) is 0 Å². The van der Waals surface area contributed by atoms with E-state index >= 15 is 0 Å². The van der Waals surface area contributed by atoms with Crippen molar-refractivity contribution in [2.75, 3.05) is 0 Å². The molecule has 0 aromatic carbocycles. The largest absolute Gasteiger partial charge is 0.444 e. The van der Waals surface area contributed by atoms with E-state index in [4.69, 9.17) is 4.74 Å². The second-order valence-corrected chi connectivity index (χ2v) is 5.15. The van der Waals surface area contributed by atoms with Gasteiger partial charge in [-0.2, -0.15) is 0 Å². The molecule has 88 valence electrons. The van der Waals surface area contributed by atoms with Crippen molar-refractivity contribution in [1.82, 2.24) is 5.32 Å².